The van der Waals surface area contributed by atoms with Crippen LogP contribution in [0.5, 0.6) is 0 Å². The van der Waals surface area contributed by atoms with Crippen LogP contribution in [0.3, 0.4) is 0 Å². The topological polar surface area (TPSA) is 54.5 Å². The van der Waals surface area contributed by atoms with E-state index in [4.69, 9.17) is 0 Å². The lowest BCUT2D eigenvalue weighted by Crippen LogP contribution is -2.39. The average Bonchev–Trinajstić information content (AvgIpc) is 2.60. The zero-order valence-corrected chi connectivity index (χ0v) is 16.6. The SMILES string of the molecule is C=CCC1/C=C(/CCCC)C(=O)N(S(=O)(=O)c2ccc(C)cc2)CCC1. The summed E-state index contributed by atoms with van der Waals surface area (Å²) in [6.07, 6.45) is 8.62. The quantitative estimate of drug-likeness (QED) is 0.654. The molecule has 142 valence electrons. The Balaban J connectivity index is 2.38. The Morgan fingerprint density at radius 2 is 1.96 bits per heavy atom. The number of rotatable bonds is 7. The number of unbranched alkanes of at least 4 members (excludes halogenated alkanes) is 1. The van der Waals surface area contributed by atoms with Gasteiger partial charge in [-0.05, 0) is 57.1 Å². The van der Waals surface area contributed by atoms with Gasteiger partial charge in [-0.3, -0.25) is 4.79 Å². The number of amides is 1. The van der Waals surface area contributed by atoms with E-state index in [1.807, 2.05) is 19.1 Å². The molecule has 0 saturated heterocycles. The van der Waals surface area contributed by atoms with Crippen molar-refractivity contribution in [3.63, 3.8) is 0 Å². The van der Waals surface area contributed by atoms with Gasteiger partial charge in [0.2, 0.25) is 0 Å². The van der Waals surface area contributed by atoms with Gasteiger partial charge in [-0.1, -0.05) is 43.2 Å². The number of hydrogen-bond acceptors (Lipinski definition) is 3. The highest BCUT2D eigenvalue weighted by atomic mass is 32.2. The summed E-state index contributed by atoms with van der Waals surface area (Å²) in [5, 5.41) is 0. The molecule has 1 unspecified atom stereocenters. The van der Waals surface area contributed by atoms with E-state index < -0.39 is 10.0 Å². The van der Waals surface area contributed by atoms with Crippen LogP contribution in [0.25, 0.3) is 0 Å². The third-order valence-corrected chi connectivity index (χ3v) is 6.55. The molecule has 0 spiro atoms. The van der Waals surface area contributed by atoms with Crippen molar-refractivity contribution in [2.75, 3.05) is 6.54 Å². The second-order valence-electron chi connectivity index (χ2n) is 6.92. The van der Waals surface area contributed by atoms with Crippen LogP contribution in [0.4, 0.5) is 0 Å². The van der Waals surface area contributed by atoms with Gasteiger partial charge in [-0.15, -0.1) is 6.58 Å². The molecule has 1 heterocycles. The number of sulfonamides is 1. The molecule has 0 saturated carbocycles. The minimum absolute atomic E-state index is 0.175. The van der Waals surface area contributed by atoms with Crippen molar-refractivity contribution in [3.05, 3.63) is 54.1 Å². The Kier molecular flexibility index (Phi) is 7.21. The Labute approximate surface area is 157 Å². The molecular weight excluding hydrogens is 346 g/mol. The summed E-state index contributed by atoms with van der Waals surface area (Å²) in [4.78, 5) is 13.3. The van der Waals surface area contributed by atoms with Gasteiger partial charge >= 0.3 is 0 Å². The standard InChI is InChI=1S/C21H29NO3S/c1-4-6-10-19-16-18(8-5-2)9-7-15-22(21(19)23)26(24,25)20-13-11-17(3)12-14-20/h5,11-14,16,18H,2,4,6-10,15H2,1,3H3/b19-16-. The van der Waals surface area contributed by atoms with Gasteiger partial charge in [0, 0.05) is 12.1 Å². The van der Waals surface area contributed by atoms with E-state index in [0.717, 1.165) is 35.6 Å². The summed E-state index contributed by atoms with van der Waals surface area (Å²) < 4.78 is 27.2. The first kappa shape index (κ1) is 20.4. The van der Waals surface area contributed by atoms with Crippen molar-refractivity contribution in [1.29, 1.82) is 0 Å². The minimum atomic E-state index is -3.83. The van der Waals surface area contributed by atoms with Gasteiger partial charge in [0.05, 0.1) is 4.90 Å². The van der Waals surface area contributed by atoms with Crippen molar-refractivity contribution >= 4 is 15.9 Å². The van der Waals surface area contributed by atoms with E-state index in [9.17, 15) is 13.2 Å². The molecule has 2 rings (SSSR count). The van der Waals surface area contributed by atoms with Crippen LogP contribution in [0.1, 0.15) is 51.0 Å². The fourth-order valence-electron chi connectivity index (χ4n) is 3.22. The van der Waals surface area contributed by atoms with Gasteiger partial charge in [-0.2, -0.15) is 0 Å². The summed E-state index contributed by atoms with van der Waals surface area (Å²) >= 11 is 0. The van der Waals surface area contributed by atoms with Crippen LogP contribution >= 0.6 is 0 Å². The number of carbonyl (C=O) groups is 1. The van der Waals surface area contributed by atoms with Crippen LogP contribution in [0.15, 0.2) is 53.5 Å². The van der Waals surface area contributed by atoms with E-state index in [0.29, 0.717) is 18.4 Å². The van der Waals surface area contributed by atoms with Gasteiger partial charge in [0.1, 0.15) is 0 Å². The molecule has 1 atom stereocenters. The first-order chi connectivity index (χ1) is 12.4. The molecule has 1 amide bonds. The van der Waals surface area contributed by atoms with Crippen molar-refractivity contribution in [3.8, 4) is 0 Å². The summed E-state index contributed by atoms with van der Waals surface area (Å²) in [5.74, 6) is -0.111. The van der Waals surface area contributed by atoms with Gasteiger partial charge < -0.3 is 0 Å². The maximum absolute atomic E-state index is 13.1. The number of aryl methyl sites for hydroxylation is 1. The zero-order valence-electron chi connectivity index (χ0n) is 15.8. The predicted octanol–water partition coefficient (Wildman–Crippen LogP) is 4.62. The van der Waals surface area contributed by atoms with E-state index >= 15 is 0 Å². The fraction of sp³-hybridized carbons (Fsp3) is 0.476. The molecule has 0 aliphatic carbocycles. The summed E-state index contributed by atoms with van der Waals surface area (Å²) in [5.41, 5.74) is 1.60. The zero-order chi connectivity index (χ0) is 19.2. The third kappa shape index (κ3) is 4.85. The molecule has 4 nitrogen and oxygen atoms in total. The minimum Gasteiger partial charge on any atom is -0.268 e. The molecular formula is C21H29NO3S. The number of hydrogen-bond donors (Lipinski definition) is 0. The van der Waals surface area contributed by atoms with E-state index in [-0.39, 0.29) is 23.3 Å². The summed E-state index contributed by atoms with van der Waals surface area (Å²) in [6, 6.07) is 6.67. The fourth-order valence-corrected chi connectivity index (χ4v) is 4.66. The first-order valence-electron chi connectivity index (χ1n) is 9.35. The Hall–Kier alpha value is -1.88. The van der Waals surface area contributed by atoms with Crippen LogP contribution in [-0.4, -0.2) is 25.2 Å². The maximum Gasteiger partial charge on any atom is 0.266 e. The number of carbonyl (C=O) groups excluding carboxylic acids is 1. The third-order valence-electron chi connectivity index (χ3n) is 4.75. The lowest BCUT2D eigenvalue weighted by molar-refractivity contribution is -0.123. The average molecular weight is 376 g/mol. The summed E-state index contributed by atoms with van der Waals surface area (Å²) in [7, 11) is -3.83. The van der Waals surface area contributed by atoms with E-state index in [1.165, 1.54) is 0 Å². The smallest absolute Gasteiger partial charge is 0.266 e. The second-order valence-corrected chi connectivity index (χ2v) is 8.78. The maximum atomic E-state index is 13.1. The first-order valence-corrected chi connectivity index (χ1v) is 10.8. The molecule has 0 radical (unpaired) electrons. The highest BCUT2D eigenvalue weighted by Gasteiger charge is 2.32. The molecule has 1 aromatic carbocycles. The molecule has 0 bridgehead atoms. The van der Waals surface area contributed by atoms with Gasteiger partial charge in [0.15, 0.2) is 0 Å². The van der Waals surface area contributed by atoms with E-state index in [2.05, 4.69) is 13.5 Å². The molecule has 5 heteroatoms. The lowest BCUT2D eigenvalue weighted by atomic mass is 9.93. The second kappa shape index (κ2) is 9.17. The molecule has 1 aliphatic heterocycles. The Morgan fingerprint density at radius 3 is 2.58 bits per heavy atom. The highest BCUT2D eigenvalue weighted by Crippen LogP contribution is 2.27. The molecule has 1 aromatic rings. The summed E-state index contributed by atoms with van der Waals surface area (Å²) in [6.45, 7) is 8.00. The number of nitrogens with zero attached hydrogens (tertiary/aromatic N) is 1. The normalized spacial score (nSPS) is 20.8. The number of benzene rings is 1. The van der Waals surface area contributed by atoms with Gasteiger partial charge in [-0.25, -0.2) is 12.7 Å². The Morgan fingerprint density at radius 1 is 1.27 bits per heavy atom. The molecule has 0 aromatic heterocycles. The van der Waals surface area contributed by atoms with Crippen LogP contribution in [0, 0.1) is 12.8 Å². The van der Waals surface area contributed by atoms with Crippen LogP contribution in [0.2, 0.25) is 0 Å². The van der Waals surface area contributed by atoms with Crippen LogP contribution < -0.4 is 0 Å². The molecule has 0 N–H and O–H groups in total. The largest absolute Gasteiger partial charge is 0.268 e. The number of allylic oxidation sites excluding steroid dienone is 2. The molecule has 0 fully saturated rings. The van der Waals surface area contributed by atoms with E-state index in [1.54, 1.807) is 24.3 Å². The molecule has 26 heavy (non-hydrogen) atoms. The van der Waals surface area contributed by atoms with Crippen LogP contribution in [-0.2, 0) is 14.8 Å². The monoisotopic (exact) mass is 375 g/mol. The lowest BCUT2D eigenvalue weighted by Gasteiger charge is -2.27. The van der Waals surface area contributed by atoms with Gasteiger partial charge in [0.25, 0.3) is 15.9 Å². The van der Waals surface area contributed by atoms with Crippen molar-refractivity contribution < 1.29 is 13.2 Å². The van der Waals surface area contributed by atoms with Crippen molar-refractivity contribution in [1.82, 2.24) is 4.31 Å². The Bertz CT molecular complexity index is 763. The predicted molar refractivity (Wildman–Crippen MR) is 105 cm³/mol. The highest BCUT2D eigenvalue weighted by molar-refractivity contribution is 7.89. The molecule has 1 aliphatic rings. The van der Waals surface area contributed by atoms with Crippen molar-refractivity contribution in [2.24, 2.45) is 5.92 Å². The van der Waals surface area contributed by atoms with Crippen molar-refractivity contribution in [2.45, 2.75) is 57.3 Å².